The maximum atomic E-state index is 5.68. The number of aromatic nitrogens is 1. The van der Waals surface area contributed by atoms with E-state index in [1.165, 1.54) is 18.4 Å². The summed E-state index contributed by atoms with van der Waals surface area (Å²) < 4.78 is 16.9. The Balaban J connectivity index is 1.39. The highest BCUT2D eigenvalue weighted by Gasteiger charge is 2.31. The van der Waals surface area contributed by atoms with Gasteiger partial charge in [0, 0.05) is 24.1 Å². The van der Waals surface area contributed by atoms with Gasteiger partial charge in [-0.1, -0.05) is 35.0 Å². The Labute approximate surface area is 142 Å². The summed E-state index contributed by atoms with van der Waals surface area (Å²) in [6.45, 7) is 6.41. The summed E-state index contributed by atoms with van der Waals surface area (Å²) in [6, 6.07) is 10.4. The van der Waals surface area contributed by atoms with Crippen LogP contribution < -0.4 is 0 Å². The second-order valence-electron chi connectivity index (χ2n) is 6.79. The molecule has 1 aromatic carbocycles. The fraction of sp³-hybridized carbons (Fsp3) is 0.526. The van der Waals surface area contributed by atoms with Gasteiger partial charge in [-0.05, 0) is 26.3 Å². The van der Waals surface area contributed by atoms with Gasteiger partial charge in [-0.2, -0.15) is 0 Å². The molecule has 1 atom stereocenters. The SMILES string of the molecule is Cc1ccc(-c2cc(CN3CCCC(C4OCCO4)C3)on2)cc1. The van der Waals surface area contributed by atoms with E-state index in [-0.39, 0.29) is 6.29 Å². The zero-order chi connectivity index (χ0) is 16.4. The summed E-state index contributed by atoms with van der Waals surface area (Å²) in [4.78, 5) is 2.42. The summed E-state index contributed by atoms with van der Waals surface area (Å²) in [5.74, 6) is 1.38. The van der Waals surface area contributed by atoms with Crippen molar-refractivity contribution in [2.75, 3.05) is 26.3 Å². The lowest BCUT2D eigenvalue weighted by Gasteiger charge is -2.34. The average molecular weight is 328 g/mol. The predicted octanol–water partition coefficient (Wildman–Crippen LogP) is 3.23. The number of aryl methyl sites for hydroxylation is 1. The van der Waals surface area contributed by atoms with Crippen LogP contribution in [0.3, 0.4) is 0 Å². The largest absolute Gasteiger partial charge is 0.359 e. The molecule has 5 heteroatoms. The van der Waals surface area contributed by atoms with Crippen LogP contribution in [0.2, 0.25) is 0 Å². The molecule has 0 amide bonds. The number of hydrogen-bond donors (Lipinski definition) is 0. The third-order valence-electron chi connectivity index (χ3n) is 4.86. The van der Waals surface area contributed by atoms with Crippen LogP contribution >= 0.6 is 0 Å². The molecule has 24 heavy (non-hydrogen) atoms. The molecule has 1 aromatic heterocycles. The summed E-state index contributed by atoms with van der Waals surface area (Å²) in [7, 11) is 0. The van der Waals surface area contributed by atoms with E-state index in [4.69, 9.17) is 14.0 Å². The van der Waals surface area contributed by atoms with E-state index in [1.54, 1.807) is 0 Å². The van der Waals surface area contributed by atoms with Crippen LogP contribution in [-0.4, -0.2) is 42.6 Å². The van der Waals surface area contributed by atoms with Crippen molar-refractivity contribution in [1.82, 2.24) is 10.1 Å². The van der Waals surface area contributed by atoms with Crippen LogP contribution in [0, 0.1) is 12.8 Å². The number of hydrogen-bond acceptors (Lipinski definition) is 5. The Morgan fingerprint density at radius 2 is 1.96 bits per heavy atom. The van der Waals surface area contributed by atoms with E-state index in [0.29, 0.717) is 5.92 Å². The quantitative estimate of drug-likeness (QED) is 0.862. The molecule has 0 aliphatic carbocycles. The average Bonchev–Trinajstić information content (AvgIpc) is 3.28. The third-order valence-corrected chi connectivity index (χ3v) is 4.86. The van der Waals surface area contributed by atoms with Gasteiger partial charge >= 0.3 is 0 Å². The first-order chi connectivity index (χ1) is 11.8. The molecule has 2 aliphatic heterocycles. The number of ether oxygens (including phenoxy) is 2. The van der Waals surface area contributed by atoms with Crippen molar-refractivity contribution in [3.05, 3.63) is 41.7 Å². The molecule has 4 rings (SSSR count). The number of benzene rings is 1. The van der Waals surface area contributed by atoms with Crippen LogP contribution in [0.15, 0.2) is 34.9 Å². The first-order valence-electron chi connectivity index (χ1n) is 8.76. The minimum atomic E-state index is -0.0226. The standard InChI is InChI=1S/C19H24N2O3/c1-14-4-6-15(7-5-14)18-11-17(24-20-18)13-21-8-2-3-16(12-21)19-22-9-10-23-19/h4-7,11,16,19H,2-3,8-10,12-13H2,1H3. The van der Waals surface area contributed by atoms with Crippen molar-refractivity contribution in [2.24, 2.45) is 5.92 Å². The molecule has 3 heterocycles. The highest BCUT2D eigenvalue weighted by Crippen LogP contribution is 2.27. The Morgan fingerprint density at radius 1 is 1.17 bits per heavy atom. The maximum Gasteiger partial charge on any atom is 0.161 e. The second-order valence-corrected chi connectivity index (χ2v) is 6.79. The van der Waals surface area contributed by atoms with Gasteiger partial charge < -0.3 is 14.0 Å². The van der Waals surface area contributed by atoms with Crippen molar-refractivity contribution in [2.45, 2.75) is 32.6 Å². The zero-order valence-corrected chi connectivity index (χ0v) is 14.1. The minimum absolute atomic E-state index is 0.0226. The summed E-state index contributed by atoms with van der Waals surface area (Å²) in [5.41, 5.74) is 3.25. The second kappa shape index (κ2) is 7.05. The number of piperidine rings is 1. The van der Waals surface area contributed by atoms with Crippen LogP contribution in [0.5, 0.6) is 0 Å². The van der Waals surface area contributed by atoms with Crippen molar-refractivity contribution in [3.63, 3.8) is 0 Å². The molecule has 0 bridgehead atoms. The van der Waals surface area contributed by atoms with E-state index in [2.05, 4.69) is 47.3 Å². The minimum Gasteiger partial charge on any atom is -0.359 e. The Bertz CT molecular complexity index is 662. The molecule has 0 spiro atoms. The van der Waals surface area contributed by atoms with Gasteiger partial charge in [0.2, 0.25) is 0 Å². The summed E-state index contributed by atoms with van der Waals surface area (Å²) in [5, 5.41) is 4.23. The topological polar surface area (TPSA) is 47.7 Å². The molecular weight excluding hydrogens is 304 g/mol. The lowest BCUT2D eigenvalue weighted by Crippen LogP contribution is -2.40. The van der Waals surface area contributed by atoms with Crippen LogP contribution in [0.1, 0.15) is 24.2 Å². The highest BCUT2D eigenvalue weighted by molar-refractivity contribution is 5.59. The van der Waals surface area contributed by atoms with E-state index >= 15 is 0 Å². The molecule has 1 unspecified atom stereocenters. The number of likely N-dealkylation sites (tertiary alicyclic amines) is 1. The Kier molecular flexibility index (Phi) is 4.65. The third kappa shape index (κ3) is 3.53. The van der Waals surface area contributed by atoms with Crippen molar-refractivity contribution in [3.8, 4) is 11.3 Å². The first-order valence-corrected chi connectivity index (χ1v) is 8.76. The summed E-state index contributed by atoms with van der Waals surface area (Å²) >= 11 is 0. The lowest BCUT2D eigenvalue weighted by atomic mass is 9.97. The molecular formula is C19H24N2O3. The van der Waals surface area contributed by atoms with Gasteiger partial charge in [0.25, 0.3) is 0 Å². The van der Waals surface area contributed by atoms with Gasteiger partial charge in [-0.25, -0.2) is 0 Å². The molecule has 2 saturated heterocycles. The monoisotopic (exact) mass is 328 g/mol. The molecule has 0 N–H and O–H groups in total. The highest BCUT2D eigenvalue weighted by atomic mass is 16.7. The fourth-order valence-corrected chi connectivity index (χ4v) is 3.57. The Morgan fingerprint density at radius 3 is 2.75 bits per heavy atom. The first kappa shape index (κ1) is 15.8. The molecule has 0 radical (unpaired) electrons. The van der Waals surface area contributed by atoms with Gasteiger partial charge in [-0.15, -0.1) is 0 Å². The van der Waals surface area contributed by atoms with Gasteiger partial charge in [-0.3, -0.25) is 4.90 Å². The lowest BCUT2D eigenvalue weighted by molar-refractivity contribution is -0.101. The fourth-order valence-electron chi connectivity index (χ4n) is 3.57. The summed E-state index contributed by atoms with van der Waals surface area (Å²) in [6.07, 6.45) is 2.32. The van der Waals surface area contributed by atoms with Gasteiger partial charge in [0.05, 0.1) is 19.8 Å². The predicted molar refractivity (Wildman–Crippen MR) is 90.4 cm³/mol. The van der Waals surface area contributed by atoms with Crippen molar-refractivity contribution >= 4 is 0 Å². The van der Waals surface area contributed by atoms with Gasteiger partial charge in [0.15, 0.2) is 12.1 Å². The Hall–Kier alpha value is -1.69. The van der Waals surface area contributed by atoms with Crippen LogP contribution in [0.25, 0.3) is 11.3 Å². The van der Waals surface area contributed by atoms with E-state index < -0.39 is 0 Å². The van der Waals surface area contributed by atoms with Crippen molar-refractivity contribution in [1.29, 1.82) is 0 Å². The van der Waals surface area contributed by atoms with E-state index in [0.717, 1.165) is 49.9 Å². The number of rotatable bonds is 4. The zero-order valence-electron chi connectivity index (χ0n) is 14.1. The molecule has 5 nitrogen and oxygen atoms in total. The molecule has 2 fully saturated rings. The molecule has 2 aliphatic rings. The normalized spacial score (nSPS) is 23.0. The number of nitrogens with zero attached hydrogens (tertiary/aromatic N) is 2. The molecule has 2 aromatic rings. The smallest absolute Gasteiger partial charge is 0.161 e. The maximum absolute atomic E-state index is 5.68. The van der Waals surface area contributed by atoms with Crippen molar-refractivity contribution < 1.29 is 14.0 Å². The van der Waals surface area contributed by atoms with E-state index in [9.17, 15) is 0 Å². The molecule has 128 valence electrons. The van der Waals surface area contributed by atoms with E-state index in [1.807, 2.05) is 0 Å². The van der Waals surface area contributed by atoms with Gasteiger partial charge in [0.1, 0.15) is 5.69 Å². The van der Waals surface area contributed by atoms with Crippen LogP contribution in [0.4, 0.5) is 0 Å². The molecule has 0 saturated carbocycles. The van der Waals surface area contributed by atoms with Crippen LogP contribution in [-0.2, 0) is 16.0 Å².